The minimum Gasteiger partial charge on any atom is -0.369 e. The van der Waals surface area contributed by atoms with Gasteiger partial charge in [0.2, 0.25) is 0 Å². The first-order valence-electron chi connectivity index (χ1n) is 6.70. The molecule has 0 aliphatic carbocycles. The van der Waals surface area contributed by atoms with Crippen molar-refractivity contribution in [2.75, 3.05) is 37.6 Å². The molecule has 1 fully saturated rings. The summed E-state index contributed by atoms with van der Waals surface area (Å²) in [5.74, 6) is 0. The molecule has 0 spiro atoms. The Balaban J connectivity index is 2.02. The molecular weight excluding hydrogens is 342 g/mol. The number of halogens is 1. The van der Waals surface area contributed by atoms with Gasteiger partial charge in [-0.2, -0.15) is 12.7 Å². The molecule has 0 saturated carbocycles. The third-order valence-electron chi connectivity index (χ3n) is 3.41. The van der Waals surface area contributed by atoms with Gasteiger partial charge in [0.05, 0.1) is 0 Å². The van der Waals surface area contributed by atoms with Crippen LogP contribution in [0.15, 0.2) is 22.7 Å². The maximum Gasteiger partial charge on any atom is 0.279 e. The molecule has 20 heavy (non-hydrogen) atoms. The van der Waals surface area contributed by atoms with Crippen LogP contribution in [-0.4, -0.2) is 45.4 Å². The van der Waals surface area contributed by atoms with E-state index in [9.17, 15) is 8.42 Å². The Kier molecular flexibility index (Phi) is 5.06. The molecule has 1 N–H and O–H groups in total. The number of hydrogen-bond donors (Lipinski definition) is 1. The molecule has 1 aromatic rings. The first-order chi connectivity index (χ1) is 9.44. The van der Waals surface area contributed by atoms with Crippen LogP contribution in [-0.2, 0) is 10.2 Å². The molecule has 1 aromatic carbocycles. The Bertz CT molecular complexity index is 569. The van der Waals surface area contributed by atoms with Crippen molar-refractivity contribution >= 4 is 31.8 Å². The molecule has 1 aliphatic heterocycles. The lowest BCUT2D eigenvalue weighted by molar-refractivity contribution is 0.379. The van der Waals surface area contributed by atoms with Gasteiger partial charge >= 0.3 is 0 Å². The van der Waals surface area contributed by atoms with E-state index in [4.69, 9.17) is 0 Å². The first-order valence-corrected chi connectivity index (χ1v) is 8.93. The van der Waals surface area contributed by atoms with E-state index < -0.39 is 10.2 Å². The van der Waals surface area contributed by atoms with Gasteiger partial charge in [0.1, 0.15) is 0 Å². The molecule has 0 unspecified atom stereocenters. The van der Waals surface area contributed by atoms with Crippen molar-refractivity contribution in [2.24, 2.45) is 0 Å². The predicted octanol–water partition coefficient (Wildman–Crippen LogP) is 1.73. The topological polar surface area (TPSA) is 52.7 Å². The van der Waals surface area contributed by atoms with E-state index in [2.05, 4.69) is 44.6 Å². The Morgan fingerprint density at radius 3 is 2.45 bits per heavy atom. The second-order valence-electron chi connectivity index (χ2n) is 4.82. The van der Waals surface area contributed by atoms with E-state index in [0.717, 1.165) is 10.2 Å². The zero-order valence-corrected chi connectivity index (χ0v) is 14.2. The molecule has 0 atom stereocenters. The lowest BCUT2D eigenvalue weighted by Gasteiger charge is -2.35. The van der Waals surface area contributed by atoms with Crippen LogP contribution >= 0.6 is 15.9 Å². The molecule has 0 bridgehead atoms. The van der Waals surface area contributed by atoms with Crippen molar-refractivity contribution in [3.63, 3.8) is 0 Å². The fraction of sp³-hybridized carbons (Fsp3) is 0.538. The standard InChI is InChI=1S/C13H20BrN3O2S/c1-3-15-20(18,19)17-8-6-16(7-9-17)12-4-5-13(14)11(2)10-12/h4-5,10,15H,3,6-9H2,1-2H3. The summed E-state index contributed by atoms with van der Waals surface area (Å²) < 4.78 is 29.0. The number of anilines is 1. The molecule has 7 heteroatoms. The maximum atomic E-state index is 11.9. The summed E-state index contributed by atoms with van der Waals surface area (Å²) in [6, 6.07) is 6.22. The Morgan fingerprint density at radius 2 is 1.90 bits per heavy atom. The van der Waals surface area contributed by atoms with Crippen molar-refractivity contribution < 1.29 is 8.42 Å². The molecule has 0 radical (unpaired) electrons. The lowest BCUT2D eigenvalue weighted by Crippen LogP contribution is -2.52. The molecule has 0 aromatic heterocycles. The quantitative estimate of drug-likeness (QED) is 0.888. The zero-order valence-electron chi connectivity index (χ0n) is 11.8. The van der Waals surface area contributed by atoms with E-state index in [1.165, 1.54) is 9.87 Å². The molecule has 1 heterocycles. The van der Waals surface area contributed by atoms with Crippen LogP contribution in [0.4, 0.5) is 5.69 Å². The highest BCUT2D eigenvalue weighted by Gasteiger charge is 2.26. The third-order valence-corrected chi connectivity index (χ3v) is 6.00. The largest absolute Gasteiger partial charge is 0.369 e. The van der Waals surface area contributed by atoms with Crippen LogP contribution in [0.5, 0.6) is 0 Å². The van der Waals surface area contributed by atoms with Crippen LogP contribution in [0.1, 0.15) is 12.5 Å². The van der Waals surface area contributed by atoms with E-state index >= 15 is 0 Å². The fourth-order valence-electron chi connectivity index (χ4n) is 2.29. The van der Waals surface area contributed by atoms with Crippen LogP contribution in [0.2, 0.25) is 0 Å². The predicted molar refractivity (Wildman–Crippen MR) is 85.3 cm³/mol. The van der Waals surface area contributed by atoms with Crippen LogP contribution in [0.3, 0.4) is 0 Å². The monoisotopic (exact) mass is 361 g/mol. The molecule has 2 rings (SSSR count). The smallest absolute Gasteiger partial charge is 0.279 e. The van der Waals surface area contributed by atoms with Gasteiger partial charge in [-0.3, -0.25) is 0 Å². The van der Waals surface area contributed by atoms with E-state index in [0.29, 0.717) is 32.7 Å². The summed E-state index contributed by atoms with van der Waals surface area (Å²) in [6.07, 6.45) is 0. The molecule has 0 amide bonds. The van der Waals surface area contributed by atoms with Gasteiger partial charge in [-0.15, -0.1) is 0 Å². The number of piperazine rings is 1. The highest BCUT2D eigenvalue weighted by atomic mass is 79.9. The minimum atomic E-state index is -3.30. The number of benzene rings is 1. The van der Waals surface area contributed by atoms with Crippen molar-refractivity contribution in [1.29, 1.82) is 0 Å². The zero-order chi connectivity index (χ0) is 14.8. The molecular formula is C13H20BrN3O2S. The van der Waals surface area contributed by atoms with E-state index in [1.807, 2.05) is 6.07 Å². The Labute approximate surface area is 129 Å². The number of nitrogens with zero attached hydrogens (tertiary/aromatic N) is 2. The van der Waals surface area contributed by atoms with Crippen molar-refractivity contribution in [3.05, 3.63) is 28.2 Å². The second-order valence-corrected chi connectivity index (χ2v) is 7.43. The summed E-state index contributed by atoms with van der Waals surface area (Å²) >= 11 is 3.49. The normalized spacial score (nSPS) is 17.4. The first kappa shape index (κ1) is 15.8. The second kappa shape index (κ2) is 6.43. The molecule has 1 aliphatic rings. The summed E-state index contributed by atoms with van der Waals surface area (Å²) in [6.45, 7) is 6.73. The molecule has 5 nitrogen and oxygen atoms in total. The van der Waals surface area contributed by atoms with Crippen molar-refractivity contribution in [3.8, 4) is 0 Å². The SMILES string of the molecule is CCNS(=O)(=O)N1CCN(c2ccc(Br)c(C)c2)CC1. The summed E-state index contributed by atoms with van der Waals surface area (Å²) in [5.41, 5.74) is 2.33. The van der Waals surface area contributed by atoms with Crippen LogP contribution in [0, 0.1) is 6.92 Å². The highest BCUT2D eigenvalue weighted by molar-refractivity contribution is 9.10. The average Bonchev–Trinajstić information content (AvgIpc) is 2.42. The van der Waals surface area contributed by atoms with Crippen LogP contribution < -0.4 is 9.62 Å². The average molecular weight is 362 g/mol. The van der Waals surface area contributed by atoms with E-state index in [-0.39, 0.29) is 0 Å². The highest BCUT2D eigenvalue weighted by Crippen LogP contribution is 2.24. The van der Waals surface area contributed by atoms with Gasteiger partial charge in [-0.25, -0.2) is 4.72 Å². The van der Waals surface area contributed by atoms with Crippen LogP contribution in [0.25, 0.3) is 0 Å². The van der Waals surface area contributed by atoms with Gasteiger partial charge in [-0.1, -0.05) is 22.9 Å². The minimum absolute atomic E-state index is 0.425. The maximum absolute atomic E-state index is 11.9. The van der Waals surface area contributed by atoms with Gasteiger partial charge in [0.25, 0.3) is 10.2 Å². The van der Waals surface area contributed by atoms with E-state index in [1.54, 1.807) is 6.92 Å². The third kappa shape index (κ3) is 3.52. The number of nitrogens with one attached hydrogen (secondary N) is 1. The van der Waals surface area contributed by atoms with Gasteiger partial charge in [-0.05, 0) is 30.7 Å². The fourth-order valence-corrected chi connectivity index (χ4v) is 3.72. The van der Waals surface area contributed by atoms with Crippen molar-refractivity contribution in [2.45, 2.75) is 13.8 Å². The number of rotatable bonds is 4. The molecule has 112 valence electrons. The number of hydrogen-bond acceptors (Lipinski definition) is 3. The Hall–Kier alpha value is -0.630. The molecule has 1 saturated heterocycles. The van der Waals surface area contributed by atoms with Gasteiger partial charge < -0.3 is 4.90 Å². The lowest BCUT2D eigenvalue weighted by atomic mass is 10.2. The summed E-state index contributed by atoms with van der Waals surface area (Å²) in [5, 5.41) is 0. The summed E-state index contributed by atoms with van der Waals surface area (Å²) in [7, 11) is -3.30. The Morgan fingerprint density at radius 1 is 1.25 bits per heavy atom. The number of aryl methyl sites for hydroxylation is 1. The van der Waals surface area contributed by atoms with Gasteiger partial charge in [0, 0.05) is 42.9 Å². The summed E-state index contributed by atoms with van der Waals surface area (Å²) in [4.78, 5) is 2.22. The van der Waals surface area contributed by atoms with Gasteiger partial charge in [0.15, 0.2) is 0 Å². The van der Waals surface area contributed by atoms with Crippen molar-refractivity contribution in [1.82, 2.24) is 9.03 Å².